The first kappa shape index (κ1) is 22.2. The number of hydrogen-bond donors (Lipinski definition) is 1. The van der Waals surface area contributed by atoms with Crippen molar-refractivity contribution in [2.75, 3.05) is 19.0 Å². The summed E-state index contributed by atoms with van der Waals surface area (Å²) in [6.07, 6.45) is 4.30. The summed E-state index contributed by atoms with van der Waals surface area (Å²) in [5, 5.41) is 2.66. The van der Waals surface area contributed by atoms with Gasteiger partial charge in [-0.3, -0.25) is 4.79 Å². The molecule has 2 aromatic rings. The van der Waals surface area contributed by atoms with E-state index in [0.717, 1.165) is 24.8 Å². The van der Waals surface area contributed by atoms with Crippen molar-refractivity contribution in [2.24, 2.45) is 0 Å². The highest BCUT2D eigenvalue weighted by Gasteiger charge is 2.35. The number of aryl methyl sites for hydroxylation is 1. The van der Waals surface area contributed by atoms with Crippen LogP contribution in [0.2, 0.25) is 0 Å². The summed E-state index contributed by atoms with van der Waals surface area (Å²) in [5.41, 5.74) is 1.20. The zero-order valence-electron chi connectivity index (χ0n) is 17.2. The second-order valence-electron chi connectivity index (χ2n) is 7.55. The van der Waals surface area contributed by atoms with Gasteiger partial charge >= 0.3 is 0 Å². The smallest absolute Gasteiger partial charge is 0.247 e. The van der Waals surface area contributed by atoms with Crippen molar-refractivity contribution in [3.63, 3.8) is 0 Å². The molecule has 0 unspecified atom stereocenters. The maximum absolute atomic E-state index is 13.6. The van der Waals surface area contributed by atoms with Crippen molar-refractivity contribution < 1.29 is 22.3 Å². The number of ether oxygens (including phenoxy) is 1. The summed E-state index contributed by atoms with van der Waals surface area (Å²) in [7, 11) is -2.55. The van der Waals surface area contributed by atoms with E-state index in [4.69, 9.17) is 4.74 Å². The van der Waals surface area contributed by atoms with Gasteiger partial charge in [-0.25, -0.2) is 12.8 Å². The van der Waals surface area contributed by atoms with Gasteiger partial charge in [0.25, 0.3) is 0 Å². The van der Waals surface area contributed by atoms with Crippen LogP contribution in [0.25, 0.3) is 0 Å². The molecule has 0 radical (unpaired) electrons. The van der Waals surface area contributed by atoms with Crippen molar-refractivity contribution in [3.05, 3.63) is 53.8 Å². The van der Waals surface area contributed by atoms with E-state index in [9.17, 15) is 17.6 Å². The van der Waals surface area contributed by atoms with Gasteiger partial charge in [-0.1, -0.05) is 25.3 Å². The minimum absolute atomic E-state index is 0.0603. The second kappa shape index (κ2) is 9.57. The topological polar surface area (TPSA) is 75.7 Å². The summed E-state index contributed by atoms with van der Waals surface area (Å²) in [6, 6.07) is 10.1. The lowest BCUT2D eigenvalue weighted by Gasteiger charge is -2.33. The number of sulfonamides is 1. The van der Waals surface area contributed by atoms with Crippen LogP contribution in [-0.4, -0.2) is 38.3 Å². The molecule has 30 heavy (non-hydrogen) atoms. The van der Waals surface area contributed by atoms with Crippen LogP contribution in [0, 0.1) is 12.7 Å². The molecule has 1 amide bonds. The Bertz CT molecular complexity index is 987. The van der Waals surface area contributed by atoms with Gasteiger partial charge in [0.15, 0.2) is 0 Å². The Hall–Kier alpha value is -2.45. The molecule has 0 bridgehead atoms. The van der Waals surface area contributed by atoms with Crippen LogP contribution in [0.1, 0.15) is 37.7 Å². The Kier molecular flexibility index (Phi) is 7.10. The maximum atomic E-state index is 13.6. The predicted octanol–water partition coefficient (Wildman–Crippen LogP) is 4.10. The standard InChI is InChI=1S/C22H27FN2O4S/c1-16-8-13-20(29-2)21(14-16)30(27,28)25(19-6-4-3-5-7-19)15-22(26)24-18-11-9-17(23)10-12-18/h8-14,19H,3-7,15H2,1-2H3,(H,24,26). The van der Waals surface area contributed by atoms with Gasteiger partial charge in [-0.15, -0.1) is 0 Å². The van der Waals surface area contributed by atoms with E-state index in [2.05, 4.69) is 5.32 Å². The molecular weight excluding hydrogens is 407 g/mol. The lowest BCUT2D eigenvalue weighted by molar-refractivity contribution is -0.116. The molecule has 1 aliphatic carbocycles. The number of carbonyl (C=O) groups is 1. The Morgan fingerprint density at radius 1 is 1.13 bits per heavy atom. The highest BCUT2D eigenvalue weighted by Crippen LogP contribution is 2.32. The number of carbonyl (C=O) groups excluding carboxylic acids is 1. The van der Waals surface area contributed by atoms with Gasteiger partial charge in [-0.2, -0.15) is 4.31 Å². The number of benzene rings is 2. The van der Waals surface area contributed by atoms with Gasteiger partial charge in [0.2, 0.25) is 15.9 Å². The van der Waals surface area contributed by atoms with Crippen LogP contribution in [0.3, 0.4) is 0 Å². The lowest BCUT2D eigenvalue weighted by Crippen LogP contribution is -2.45. The Morgan fingerprint density at radius 2 is 1.80 bits per heavy atom. The maximum Gasteiger partial charge on any atom is 0.247 e. The molecule has 0 saturated heterocycles. The fourth-order valence-corrected chi connectivity index (χ4v) is 5.65. The van der Waals surface area contributed by atoms with Crippen LogP contribution in [0.4, 0.5) is 10.1 Å². The quantitative estimate of drug-likeness (QED) is 0.712. The summed E-state index contributed by atoms with van der Waals surface area (Å²) in [5.74, 6) is -0.631. The number of anilines is 1. The van der Waals surface area contributed by atoms with Gasteiger partial charge < -0.3 is 10.1 Å². The van der Waals surface area contributed by atoms with Gasteiger partial charge in [0.1, 0.15) is 16.5 Å². The van der Waals surface area contributed by atoms with Crippen molar-refractivity contribution >= 4 is 21.6 Å². The first-order valence-electron chi connectivity index (χ1n) is 10.0. The van der Waals surface area contributed by atoms with Crippen LogP contribution >= 0.6 is 0 Å². The van der Waals surface area contributed by atoms with E-state index < -0.39 is 21.7 Å². The number of nitrogens with one attached hydrogen (secondary N) is 1. The van der Waals surface area contributed by atoms with Gasteiger partial charge in [0.05, 0.1) is 13.7 Å². The third-order valence-electron chi connectivity index (χ3n) is 5.32. The van der Waals surface area contributed by atoms with E-state index in [1.807, 2.05) is 6.92 Å². The van der Waals surface area contributed by atoms with E-state index >= 15 is 0 Å². The number of rotatable bonds is 7. The summed E-state index contributed by atoms with van der Waals surface area (Å²) < 4.78 is 46.9. The zero-order valence-corrected chi connectivity index (χ0v) is 18.0. The zero-order chi connectivity index (χ0) is 21.7. The van der Waals surface area contributed by atoms with Gasteiger partial charge in [0, 0.05) is 11.7 Å². The molecule has 0 spiro atoms. The third kappa shape index (κ3) is 5.17. The Labute approximate surface area is 177 Å². The lowest BCUT2D eigenvalue weighted by atomic mass is 9.95. The Balaban J connectivity index is 1.91. The number of halogens is 1. The molecule has 0 aromatic heterocycles. The molecule has 3 rings (SSSR count). The molecule has 162 valence electrons. The minimum atomic E-state index is -3.97. The van der Waals surface area contributed by atoms with Crippen molar-refractivity contribution in [1.29, 1.82) is 0 Å². The largest absolute Gasteiger partial charge is 0.495 e. The average molecular weight is 435 g/mol. The van der Waals surface area contributed by atoms with Gasteiger partial charge in [-0.05, 0) is 61.7 Å². The van der Waals surface area contributed by atoms with Crippen molar-refractivity contribution in [3.8, 4) is 5.75 Å². The van der Waals surface area contributed by atoms with E-state index in [1.54, 1.807) is 18.2 Å². The number of methoxy groups -OCH3 is 1. The molecule has 1 aliphatic rings. The molecule has 8 heteroatoms. The van der Waals surface area contributed by atoms with Crippen molar-refractivity contribution in [2.45, 2.75) is 50.0 Å². The van der Waals surface area contributed by atoms with Crippen LogP contribution in [0.15, 0.2) is 47.4 Å². The monoisotopic (exact) mass is 434 g/mol. The molecule has 1 N–H and O–H groups in total. The van der Waals surface area contributed by atoms with E-state index in [1.165, 1.54) is 35.7 Å². The number of hydrogen-bond acceptors (Lipinski definition) is 4. The molecule has 2 aromatic carbocycles. The van der Waals surface area contributed by atoms with Crippen molar-refractivity contribution in [1.82, 2.24) is 4.31 Å². The molecule has 0 aliphatic heterocycles. The molecule has 6 nitrogen and oxygen atoms in total. The fourth-order valence-electron chi connectivity index (χ4n) is 3.77. The number of amides is 1. The van der Waals surface area contributed by atoms with Crippen LogP contribution < -0.4 is 10.1 Å². The van der Waals surface area contributed by atoms with Crippen LogP contribution in [-0.2, 0) is 14.8 Å². The first-order valence-corrected chi connectivity index (χ1v) is 11.5. The normalized spacial score (nSPS) is 15.2. The molecule has 1 fully saturated rings. The SMILES string of the molecule is COc1ccc(C)cc1S(=O)(=O)N(CC(=O)Nc1ccc(F)cc1)C1CCCCC1. The van der Waals surface area contributed by atoms with E-state index in [0.29, 0.717) is 18.5 Å². The average Bonchev–Trinajstić information content (AvgIpc) is 2.74. The number of nitrogens with zero attached hydrogens (tertiary/aromatic N) is 1. The highest BCUT2D eigenvalue weighted by atomic mass is 32.2. The molecule has 0 heterocycles. The second-order valence-corrected chi connectivity index (χ2v) is 9.41. The predicted molar refractivity (Wildman–Crippen MR) is 114 cm³/mol. The fraction of sp³-hybridized carbons (Fsp3) is 0.409. The minimum Gasteiger partial charge on any atom is -0.495 e. The molecular formula is C22H27FN2O4S. The molecule has 0 atom stereocenters. The van der Waals surface area contributed by atoms with Crippen LogP contribution in [0.5, 0.6) is 5.75 Å². The first-order chi connectivity index (χ1) is 14.3. The summed E-state index contributed by atoms with van der Waals surface area (Å²) in [6.45, 7) is 1.49. The third-order valence-corrected chi connectivity index (χ3v) is 7.23. The highest BCUT2D eigenvalue weighted by molar-refractivity contribution is 7.89. The van der Waals surface area contributed by atoms with E-state index in [-0.39, 0.29) is 23.2 Å². The summed E-state index contributed by atoms with van der Waals surface area (Å²) in [4.78, 5) is 12.8. The summed E-state index contributed by atoms with van der Waals surface area (Å²) >= 11 is 0. The Morgan fingerprint density at radius 3 is 2.43 bits per heavy atom. The molecule has 1 saturated carbocycles.